The average Bonchev–Trinajstić information content (AvgIpc) is 1.86. The van der Waals surface area contributed by atoms with Crippen molar-refractivity contribution < 1.29 is 13.0 Å². The van der Waals surface area contributed by atoms with Crippen LogP contribution < -0.4 is 5.30 Å². The number of hydrogen-bond donors (Lipinski definition) is 1. The second-order valence-corrected chi connectivity index (χ2v) is 4.14. The molecule has 0 spiro atoms. The van der Waals surface area contributed by atoms with E-state index in [9.17, 15) is 8.42 Å². The zero-order valence-electron chi connectivity index (χ0n) is 5.56. The average molecular weight is 190 g/mol. The van der Waals surface area contributed by atoms with Crippen molar-refractivity contribution in [1.82, 2.24) is 0 Å². The minimum absolute atomic E-state index is 0.0787. The van der Waals surface area contributed by atoms with Crippen molar-refractivity contribution in [3.05, 3.63) is 24.3 Å². The highest BCUT2D eigenvalue weighted by Gasteiger charge is 2.07. The van der Waals surface area contributed by atoms with E-state index in [1.165, 1.54) is 12.1 Å². The van der Waals surface area contributed by atoms with Crippen LogP contribution in [0.25, 0.3) is 0 Å². The molecular weight excluding hydrogens is 183 g/mol. The Labute approximate surface area is 67.4 Å². The third-order valence-corrected chi connectivity index (χ3v) is 2.36. The van der Waals surface area contributed by atoms with Crippen LogP contribution in [0.3, 0.4) is 0 Å². The van der Waals surface area contributed by atoms with Crippen LogP contribution in [0.1, 0.15) is 0 Å². The van der Waals surface area contributed by atoms with Crippen molar-refractivity contribution in [1.29, 1.82) is 0 Å². The lowest BCUT2D eigenvalue weighted by Crippen LogP contribution is -2.01. The molecule has 0 saturated heterocycles. The molecule has 5 heteroatoms. The van der Waals surface area contributed by atoms with E-state index in [2.05, 4.69) is 9.24 Å². The second-order valence-electron chi connectivity index (χ2n) is 2.05. The maximum atomic E-state index is 10.5. The highest BCUT2D eigenvalue weighted by atomic mass is 32.2. The Morgan fingerprint density at radius 2 is 2.00 bits per heavy atom. The third kappa shape index (κ3) is 2.26. The molecule has 0 heterocycles. The maximum absolute atomic E-state index is 10.5. The summed E-state index contributed by atoms with van der Waals surface area (Å²) in [7, 11) is -1.69. The molecule has 1 N–H and O–H groups in total. The first-order valence-corrected chi connectivity index (χ1v) is 4.85. The van der Waals surface area contributed by atoms with Crippen molar-refractivity contribution in [3.8, 4) is 0 Å². The normalized spacial score (nSPS) is 11.5. The van der Waals surface area contributed by atoms with E-state index in [0.717, 1.165) is 5.30 Å². The van der Waals surface area contributed by atoms with Gasteiger partial charge in [0, 0.05) is 0 Å². The van der Waals surface area contributed by atoms with Crippen molar-refractivity contribution in [3.63, 3.8) is 0 Å². The molecule has 0 fully saturated rings. The molecule has 1 aromatic rings. The summed E-state index contributed by atoms with van der Waals surface area (Å²) in [6, 6.07) is 5.99. The fraction of sp³-hybridized carbons (Fsp3) is 0. The van der Waals surface area contributed by atoms with Gasteiger partial charge >= 0.3 is 0 Å². The summed E-state index contributed by atoms with van der Waals surface area (Å²) in [6.45, 7) is 0. The van der Waals surface area contributed by atoms with Crippen LogP contribution >= 0.6 is 9.24 Å². The van der Waals surface area contributed by atoms with Gasteiger partial charge in [-0.2, -0.15) is 8.42 Å². The predicted molar refractivity (Wildman–Crippen MR) is 45.6 cm³/mol. The van der Waals surface area contributed by atoms with Gasteiger partial charge in [0.05, 0.1) is 4.90 Å². The molecule has 0 aliphatic heterocycles. The summed E-state index contributed by atoms with van der Waals surface area (Å²) in [5.41, 5.74) is 0. The molecule has 1 aromatic carbocycles. The third-order valence-electron chi connectivity index (χ3n) is 1.16. The van der Waals surface area contributed by atoms with Crippen LogP contribution in [0.4, 0.5) is 0 Å². The molecule has 60 valence electrons. The Morgan fingerprint density at radius 3 is 2.36 bits per heavy atom. The zero-order chi connectivity index (χ0) is 8.48. The first-order valence-electron chi connectivity index (χ1n) is 2.83. The van der Waals surface area contributed by atoms with Gasteiger partial charge in [-0.25, -0.2) is 0 Å². The fourth-order valence-electron chi connectivity index (χ4n) is 0.675. The number of benzene rings is 1. The molecule has 0 aliphatic rings. The molecule has 0 saturated carbocycles. The van der Waals surface area contributed by atoms with E-state index in [4.69, 9.17) is 4.55 Å². The molecule has 3 nitrogen and oxygen atoms in total. The minimum atomic E-state index is -4.04. The van der Waals surface area contributed by atoms with Crippen LogP contribution in [0.15, 0.2) is 29.2 Å². The molecule has 0 aromatic heterocycles. The van der Waals surface area contributed by atoms with Gasteiger partial charge in [-0.05, 0) is 17.4 Å². The van der Waals surface area contributed by atoms with Gasteiger partial charge in [-0.1, -0.05) is 12.1 Å². The molecule has 1 atom stereocenters. The van der Waals surface area contributed by atoms with E-state index < -0.39 is 10.1 Å². The standard InChI is InChI=1S/C6H7O3PS/c7-11(8,9)6-3-1-2-5(10)4-6/h1-4H,10H2,(H,7,8,9). The van der Waals surface area contributed by atoms with Crippen molar-refractivity contribution >= 4 is 24.7 Å². The maximum Gasteiger partial charge on any atom is 0.294 e. The molecule has 0 radical (unpaired) electrons. The van der Waals surface area contributed by atoms with Crippen LogP contribution in [-0.2, 0) is 10.1 Å². The van der Waals surface area contributed by atoms with Gasteiger partial charge in [0.1, 0.15) is 0 Å². The first-order chi connectivity index (χ1) is 5.00. The van der Waals surface area contributed by atoms with Crippen LogP contribution in [-0.4, -0.2) is 13.0 Å². The monoisotopic (exact) mass is 190 g/mol. The smallest absolute Gasteiger partial charge is 0.282 e. The highest BCUT2D eigenvalue weighted by Crippen LogP contribution is 2.06. The number of rotatable bonds is 1. The minimum Gasteiger partial charge on any atom is -0.282 e. The second kappa shape index (κ2) is 2.89. The number of hydrogen-bond acceptors (Lipinski definition) is 2. The Kier molecular flexibility index (Phi) is 2.28. The molecule has 11 heavy (non-hydrogen) atoms. The summed E-state index contributed by atoms with van der Waals surface area (Å²) < 4.78 is 29.6. The summed E-state index contributed by atoms with van der Waals surface area (Å²) in [5, 5.41) is 0.722. The Morgan fingerprint density at radius 1 is 1.36 bits per heavy atom. The molecule has 1 rings (SSSR count). The van der Waals surface area contributed by atoms with Gasteiger partial charge in [0.25, 0.3) is 10.1 Å². The van der Waals surface area contributed by atoms with Gasteiger partial charge in [-0.3, -0.25) is 4.55 Å². The summed E-state index contributed by atoms with van der Waals surface area (Å²) >= 11 is 0. The van der Waals surface area contributed by atoms with E-state index >= 15 is 0 Å². The van der Waals surface area contributed by atoms with Crippen molar-refractivity contribution in [2.45, 2.75) is 4.90 Å². The first kappa shape index (κ1) is 8.65. The Bertz CT molecular complexity index is 358. The van der Waals surface area contributed by atoms with Gasteiger partial charge in [0.2, 0.25) is 0 Å². The lowest BCUT2D eigenvalue weighted by molar-refractivity contribution is 0.483. The summed E-state index contributed by atoms with van der Waals surface area (Å²) in [4.78, 5) is -0.0787. The molecule has 0 bridgehead atoms. The lowest BCUT2D eigenvalue weighted by Gasteiger charge is -1.96. The van der Waals surface area contributed by atoms with Gasteiger partial charge in [0.15, 0.2) is 0 Å². The predicted octanol–water partition coefficient (Wildman–Crippen LogP) is 0.434. The fourth-order valence-corrected chi connectivity index (χ4v) is 1.62. The van der Waals surface area contributed by atoms with Crippen LogP contribution in [0, 0.1) is 0 Å². The summed E-state index contributed by atoms with van der Waals surface area (Å²) in [6.07, 6.45) is 0. The SMILES string of the molecule is O=S(=O)(O)c1cccc(P)c1. The van der Waals surface area contributed by atoms with E-state index in [-0.39, 0.29) is 4.90 Å². The van der Waals surface area contributed by atoms with E-state index in [0.29, 0.717) is 0 Å². The highest BCUT2D eigenvalue weighted by molar-refractivity contribution is 7.85. The van der Waals surface area contributed by atoms with E-state index in [1.54, 1.807) is 12.1 Å². The van der Waals surface area contributed by atoms with Crippen LogP contribution in [0.2, 0.25) is 0 Å². The molecule has 0 amide bonds. The quantitative estimate of drug-likeness (QED) is 0.516. The zero-order valence-corrected chi connectivity index (χ0v) is 7.53. The molecular formula is C6H7O3PS. The van der Waals surface area contributed by atoms with Gasteiger partial charge in [-0.15, -0.1) is 9.24 Å². The molecule has 0 aliphatic carbocycles. The Balaban J connectivity index is 3.28. The van der Waals surface area contributed by atoms with E-state index in [1.807, 2.05) is 0 Å². The van der Waals surface area contributed by atoms with Gasteiger partial charge < -0.3 is 0 Å². The van der Waals surface area contributed by atoms with Crippen molar-refractivity contribution in [2.24, 2.45) is 0 Å². The topological polar surface area (TPSA) is 54.4 Å². The lowest BCUT2D eigenvalue weighted by atomic mass is 10.4. The largest absolute Gasteiger partial charge is 0.294 e. The van der Waals surface area contributed by atoms with Crippen LogP contribution in [0.5, 0.6) is 0 Å². The Hall–Kier alpha value is -0.440. The van der Waals surface area contributed by atoms with Crippen molar-refractivity contribution in [2.75, 3.05) is 0 Å². The molecule has 1 unspecified atom stereocenters. The summed E-state index contributed by atoms with van der Waals surface area (Å²) in [5.74, 6) is 0.